The molecule has 124 valence electrons. The van der Waals surface area contributed by atoms with Gasteiger partial charge >= 0.3 is 0 Å². The van der Waals surface area contributed by atoms with Gasteiger partial charge in [-0.3, -0.25) is 0 Å². The van der Waals surface area contributed by atoms with Crippen molar-refractivity contribution in [3.05, 3.63) is 83.6 Å². The van der Waals surface area contributed by atoms with Gasteiger partial charge in [0.05, 0.1) is 16.4 Å². The summed E-state index contributed by atoms with van der Waals surface area (Å²) >= 11 is 6.15. The molecule has 0 unspecified atom stereocenters. The second-order valence-corrected chi connectivity index (χ2v) is 6.40. The van der Waals surface area contributed by atoms with E-state index in [4.69, 9.17) is 22.3 Å². The fourth-order valence-corrected chi connectivity index (χ4v) is 3.29. The number of nitrogens with two attached hydrogens (primary N) is 1. The van der Waals surface area contributed by atoms with Crippen molar-refractivity contribution in [3.63, 3.8) is 0 Å². The molecule has 0 fully saturated rings. The molecular formula is C21H18ClN3. The SMILES string of the molecule is NCCc1c(-c2ccc(-c3ccccc3)cc2)nc2ccc(Cl)cn12. The number of nitrogens with zero attached hydrogens (tertiary/aromatic N) is 2. The molecule has 2 heterocycles. The predicted octanol–water partition coefficient (Wildman–Crippen LogP) is 4.82. The molecule has 25 heavy (non-hydrogen) atoms. The number of hydrogen-bond donors (Lipinski definition) is 1. The third-order valence-electron chi connectivity index (χ3n) is 4.33. The third kappa shape index (κ3) is 3.04. The smallest absolute Gasteiger partial charge is 0.137 e. The first kappa shape index (κ1) is 15.9. The van der Waals surface area contributed by atoms with Crippen LogP contribution in [-0.2, 0) is 6.42 Å². The van der Waals surface area contributed by atoms with Crippen LogP contribution in [-0.4, -0.2) is 15.9 Å². The van der Waals surface area contributed by atoms with Gasteiger partial charge in [-0.15, -0.1) is 0 Å². The monoisotopic (exact) mass is 347 g/mol. The van der Waals surface area contributed by atoms with Gasteiger partial charge in [0.1, 0.15) is 5.65 Å². The highest BCUT2D eigenvalue weighted by Crippen LogP contribution is 2.28. The summed E-state index contributed by atoms with van der Waals surface area (Å²) in [6, 6.07) is 22.6. The van der Waals surface area contributed by atoms with Crippen LogP contribution in [0.3, 0.4) is 0 Å². The fraction of sp³-hybridized carbons (Fsp3) is 0.0952. The van der Waals surface area contributed by atoms with Crippen LogP contribution in [0, 0.1) is 0 Å². The Hall–Kier alpha value is -2.62. The molecule has 0 aliphatic heterocycles. The van der Waals surface area contributed by atoms with Gasteiger partial charge < -0.3 is 10.1 Å². The van der Waals surface area contributed by atoms with Gasteiger partial charge in [-0.2, -0.15) is 0 Å². The van der Waals surface area contributed by atoms with Gasteiger partial charge in [-0.25, -0.2) is 4.98 Å². The summed E-state index contributed by atoms with van der Waals surface area (Å²) in [7, 11) is 0. The topological polar surface area (TPSA) is 43.3 Å². The minimum atomic E-state index is 0.565. The average molecular weight is 348 g/mol. The molecule has 0 aliphatic rings. The van der Waals surface area contributed by atoms with Crippen LogP contribution < -0.4 is 5.73 Å². The summed E-state index contributed by atoms with van der Waals surface area (Å²) in [5.41, 5.74) is 12.2. The van der Waals surface area contributed by atoms with Crippen LogP contribution >= 0.6 is 11.6 Å². The summed E-state index contributed by atoms with van der Waals surface area (Å²) in [6.07, 6.45) is 2.65. The van der Waals surface area contributed by atoms with E-state index in [2.05, 4.69) is 48.5 Å². The van der Waals surface area contributed by atoms with E-state index < -0.39 is 0 Å². The standard InChI is InChI=1S/C21H18ClN3/c22-18-10-11-20-24-21(19(12-13-23)25(20)14-18)17-8-6-16(7-9-17)15-4-2-1-3-5-15/h1-11,14H,12-13,23H2. The molecular weight excluding hydrogens is 330 g/mol. The van der Waals surface area contributed by atoms with Crippen molar-refractivity contribution in [1.29, 1.82) is 0 Å². The lowest BCUT2D eigenvalue weighted by molar-refractivity contribution is 0.907. The second-order valence-electron chi connectivity index (χ2n) is 5.96. The molecule has 2 N–H and O–H groups in total. The molecule has 0 saturated carbocycles. The quantitative estimate of drug-likeness (QED) is 0.575. The molecule has 0 saturated heterocycles. The minimum absolute atomic E-state index is 0.565. The highest BCUT2D eigenvalue weighted by Gasteiger charge is 2.14. The lowest BCUT2D eigenvalue weighted by Crippen LogP contribution is -2.06. The Labute approximate surface area is 151 Å². The van der Waals surface area contributed by atoms with Crippen LogP contribution in [0.4, 0.5) is 0 Å². The van der Waals surface area contributed by atoms with Crippen molar-refractivity contribution < 1.29 is 0 Å². The first-order valence-corrected chi connectivity index (χ1v) is 8.66. The Morgan fingerprint density at radius 1 is 0.840 bits per heavy atom. The number of hydrogen-bond acceptors (Lipinski definition) is 2. The van der Waals surface area contributed by atoms with Crippen LogP contribution in [0.5, 0.6) is 0 Å². The number of benzene rings is 2. The summed E-state index contributed by atoms with van der Waals surface area (Å²) in [6.45, 7) is 0.565. The fourth-order valence-electron chi connectivity index (χ4n) is 3.13. The van der Waals surface area contributed by atoms with Gasteiger partial charge in [0.15, 0.2) is 0 Å². The van der Waals surface area contributed by atoms with E-state index in [0.717, 1.165) is 29.0 Å². The molecule has 4 aromatic rings. The number of rotatable bonds is 4. The summed E-state index contributed by atoms with van der Waals surface area (Å²) in [5.74, 6) is 0. The third-order valence-corrected chi connectivity index (χ3v) is 4.55. The molecule has 2 aromatic heterocycles. The Morgan fingerprint density at radius 2 is 1.52 bits per heavy atom. The van der Waals surface area contributed by atoms with Crippen molar-refractivity contribution >= 4 is 17.2 Å². The number of pyridine rings is 1. The summed E-state index contributed by atoms with van der Waals surface area (Å²) in [5, 5.41) is 0.689. The van der Waals surface area contributed by atoms with Crippen molar-refractivity contribution in [2.75, 3.05) is 6.54 Å². The molecule has 4 rings (SSSR count). The van der Waals surface area contributed by atoms with E-state index in [-0.39, 0.29) is 0 Å². The highest BCUT2D eigenvalue weighted by molar-refractivity contribution is 6.30. The van der Waals surface area contributed by atoms with Crippen LogP contribution in [0.15, 0.2) is 72.9 Å². The van der Waals surface area contributed by atoms with E-state index in [1.54, 1.807) is 0 Å². The highest BCUT2D eigenvalue weighted by atomic mass is 35.5. The van der Waals surface area contributed by atoms with Crippen molar-refractivity contribution in [2.45, 2.75) is 6.42 Å². The Morgan fingerprint density at radius 3 is 2.24 bits per heavy atom. The normalized spacial score (nSPS) is 11.1. The Bertz CT molecular complexity index is 1000. The number of halogens is 1. The number of fused-ring (bicyclic) bond motifs is 1. The molecule has 0 radical (unpaired) electrons. The molecule has 0 atom stereocenters. The van der Waals surface area contributed by atoms with Crippen LogP contribution in [0.1, 0.15) is 5.69 Å². The molecule has 0 amide bonds. The Balaban J connectivity index is 1.80. The molecule has 0 bridgehead atoms. The molecule has 4 heteroatoms. The second kappa shape index (κ2) is 6.71. The lowest BCUT2D eigenvalue weighted by Gasteiger charge is -2.06. The van der Waals surface area contributed by atoms with E-state index in [0.29, 0.717) is 11.6 Å². The van der Waals surface area contributed by atoms with Gasteiger partial charge in [0, 0.05) is 18.2 Å². The molecule has 0 aliphatic carbocycles. The minimum Gasteiger partial charge on any atom is -0.330 e. The summed E-state index contributed by atoms with van der Waals surface area (Å²) in [4.78, 5) is 4.79. The molecule has 0 spiro atoms. The van der Waals surface area contributed by atoms with E-state index in [9.17, 15) is 0 Å². The predicted molar refractivity (Wildman–Crippen MR) is 104 cm³/mol. The zero-order valence-corrected chi connectivity index (χ0v) is 14.4. The van der Waals surface area contributed by atoms with Crippen molar-refractivity contribution in [3.8, 4) is 22.4 Å². The largest absolute Gasteiger partial charge is 0.330 e. The average Bonchev–Trinajstić information content (AvgIpc) is 3.01. The van der Waals surface area contributed by atoms with Crippen molar-refractivity contribution in [1.82, 2.24) is 9.38 Å². The van der Waals surface area contributed by atoms with Crippen LogP contribution in [0.25, 0.3) is 28.0 Å². The molecule has 2 aromatic carbocycles. The summed E-state index contributed by atoms with van der Waals surface area (Å²) < 4.78 is 2.04. The van der Waals surface area contributed by atoms with E-state index in [1.807, 2.05) is 28.8 Å². The number of imidazole rings is 1. The zero-order valence-electron chi connectivity index (χ0n) is 13.7. The maximum atomic E-state index is 6.15. The van der Waals surface area contributed by atoms with E-state index >= 15 is 0 Å². The number of aromatic nitrogens is 2. The van der Waals surface area contributed by atoms with E-state index in [1.165, 1.54) is 11.1 Å². The van der Waals surface area contributed by atoms with Gasteiger partial charge in [-0.1, -0.05) is 66.2 Å². The lowest BCUT2D eigenvalue weighted by atomic mass is 10.0. The van der Waals surface area contributed by atoms with Crippen LogP contribution in [0.2, 0.25) is 5.02 Å². The van der Waals surface area contributed by atoms with Gasteiger partial charge in [-0.05, 0) is 29.8 Å². The maximum Gasteiger partial charge on any atom is 0.137 e. The zero-order chi connectivity index (χ0) is 17.2. The first-order chi connectivity index (χ1) is 12.3. The van der Waals surface area contributed by atoms with Crippen molar-refractivity contribution in [2.24, 2.45) is 5.73 Å². The maximum absolute atomic E-state index is 6.15. The van der Waals surface area contributed by atoms with Gasteiger partial charge in [0.2, 0.25) is 0 Å². The first-order valence-electron chi connectivity index (χ1n) is 8.28. The molecule has 3 nitrogen and oxygen atoms in total. The Kier molecular flexibility index (Phi) is 4.26. The van der Waals surface area contributed by atoms with Gasteiger partial charge in [0.25, 0.3) is 0 Å².